The molecule has 1 aromatic heterocycles. The quantitative estimate of drug-likeness (QED) is 0.317. The van der Waals surface area contributed by atoms with Gasteiger partial charge in [-0.3, -0.25) is 0 Å². The molecule has 0 saturated heterocycles. The van der Waals surface area contributed by atoms with Gasteiger partial charge in [0.25, 0.3) is 5.82 Å². The maximum atomic E-state index is 9.35. The van der Waals surface area contributed by atoms with Crippen LogP contribution in [-0.2, 0) is 13.1 Å². The number of anilines is 1. The zero-order valence-electron chi connectivity index (χ0n) is 20.4. The van der Waals surface area contributed by atoms with E-state index in [1.165, 1.54) is 11.1 Å². The summed E-state index contributed by atoms with van der Waals surface area (Å²) in [6.07, 6.45) is 6.21. The first kappa shape index (κ1) is 22.5. The molecule has 0 amide bonds. The van der Waals surface area contributed by atoms with Crippen molar-refractivity contribution >= 4 is 22.8 Å². The van der Waals surface area contributed by atoms with Crippen molar-refractivity contribution in [1.82, 2.24) is 4.57 Å². The molecule has 0 aliphatic carbocycles. The Balaban J connectivity index is 1.49. The number of fused-ring (bicyclic) bond motifs is 2. The Morgan fingerprint density at radius 2 is 1.77 bits per heavy atom. The van der Waals surface area contributed by atoms with E-state index in [0.29, 0.717) is 5.56 Å². The van der Waals surface area contributed by atoms with E-state index in [0.717, 1.165) is 53.8 Å². The lowest BCUT2D eigenvalue weighted by molar-refractivity contribution is -0.670. The first-order chi connectivity index (χ1) is 17.2. The van der Waals surface area contributed by atoms with Crippen LogP contribution in [0.4, 0.5) is 5.69 Å². The number of nitriles is 1. The topological polar surface area (TPSA) is 45.1 Å². The second-order valence-electron chi connectivity index (χ2n) is 8.42. The van der Waals surface area contributed by atoms with Gasteiger partial charge in [-0.1, -0.05) is 36.4 Å². The summed E-state index contributed by atoms with van der Waals surface area (Å²) in [5.41, 5.74) is 6.35. The van der Waals surface area contributed by atoms with Gasteiger partial charge in [-0.25, -0.2) is 9.13 Å². The second-order valence-corrected chi connectivity index (χ2v) is 8.42. The minimum Gasteiger partial charge on any atom is -0.439 e. The number of aromatic nitrogens is 2. The van der Waals surface area contributed by atoms with Crippen molar-refractivity contribution in [3.8, 4) is 22.9 Å². The lowest BCUT2D eigenvalue weighted by Gasteiger charge is -2.15. The fourth-order valence-corrected chi connectivity index (χ4v) is 4.85. The highest BCUT2D eigenvalue weighted by atomic mass is 16.5. The summed E-state index contributed by atoms with van der Waals surface area (Å²) < 4.78 is 10.8. The van der Waals surface area contributed by atoms with Crippen LogP contribution in [0.2, 0.25) is 0 Å². The van der Waals surface area contributed by atoms with Crippen molar-refractivity contribution in [2.24, 2.45) is 0 Å². The van der Waals surface area contributed by atoms with E-state index in [4.69, 9.17) is 4.74 Å². The number of hydrogen-bond acceptors (Lipinski definition) is 3. The first-order valence-corrected chi connectivity index (χ1v) is 12.2. The van der Waals surface area contributed by atoms with E-state index in [1.54, 1.807) is 0 Å². The predicted octanol–water partition coefficient (Wildman–Crippen LogP) is 6.28. The molecule has 0 saturated carbocycles. The second kappa shape index (κ2) is 9.52. The molecule has 4 aromatic rings. The monoisotopic (exact) mass is 461 g/mol. The molecule has 5 rings (SSSR count). The molecule has 3 aromatic carbocycles. The zero-order valence-corrected chi connectivity index (χ0v) is 20.4. The Kier molecular flexibility index (Phi) is 6.12. The van der Waals surface area contributed by atoms with Gasteiger partial charge in [0.1, 0.15) is 0 Å². The molecular formula is C30H29N4O+. The summed E-state index contributed by atoms with van der Waals surface area (Å²) in [6.45, 7) is 8.89. The lowest BCUT2D eigenvalue weighted by Crippen LogP contribution is -2.35. The number of ether oxygens (including phenoxy) is 1. The van der Waals surface area contributed by atoms with Crippen molar-refractivity contribution in [2.45, 2.75) is 33.9 Å². The van der Waals surface area contributed by atoms with Crippen LogP contribution < -0.4 is 14.2 Å². The van der Waals surface area contributed by atoms with Gasteiger partial charge < -0.3 is 9.64 Å². The van der Waals surface area contributed by atoms with Gasteiger partial charge >= 0.3 is 0 Å². The Morgan fingerprint density at radius 3 is 2.49 bits per heavy atom. The molecule has 0 atom stereocenters. The predicted molar refractivity (Wildman–Crippen MR) is 141 cm³/mol. The molecule has 0 fully saturated rings. The third-order valence-corrected chi connectivity index (χ3v) is 6.51. The van der Waals surface area contributed by atoms with Crippen molar-refractivity contribution in [1.29, 1.82) is 5.26 Å². The molecular weight excluding hydrogens is 432 g/mol. The maximum absolute atomic E-state index is 9.35. The molecule has 0 bridgehead atoms. The minimum absolute atomic E-state index is 0.677. The van der Waals surface area contributed by atoms with Gasteiger partial charge in [-0.15, -0.1) is 0 Å². The van der Waals surface area contributed by atoms with Crippen LogP contribution in [0.1, 0.15) is 32.2 Å². The molecule has 5 nitrogen and oxygen atoms in total. The Hall–Kier alpha value is -4.30. The highest BCUT2D eigenvalue weighted by Crippen LogP contribution is 2.41. The minimum atomic E-state index is 0.677. The van der Waals surface area contributed by atoms with Gasteiger partial charge in [0.15, 0.2) is 16.8 Å². The summed E-state index contributed by atoms with van der Waals surface area (Å²) in [7, 11) is 0. The number of hydrogen-bond donors (Lipinski definition) is 0. The number of nitrogens with zero attached hydrogens (tertiary/aromatic N) is 4. The van der Waals surface area contributed by atoms with Crippen LogP contribution >= 0.6 is 0 Å². The number of rotatable bonds is 6. The highest BCUT2D eigenvalue weighted by molar-refractivity contribution is 5.77. The van der Waals surface area contributed by atoms with Gasteiger partial charge in [-0.05, 0) is 68.3 Å². The van der Waals surface area contributed by atoms with Gasteiger partial charge in [0.05, 0.1) is 30.4 Å². The standard InChI is InChI=1S/C30H29N4O/c1-4-32-25-17-15-22(21-31)19-26(25)33(5-2)29(32)13-10-14-30-34(6-3)27-20-24(16-18-28(27)35-30)23-11-8-7-9-12-23/h7-20H,4-6H2,1-3H3/q+1. The van der Waals surface area contributed by atoms with E-state index in [1.807, 2.05) is 30.3 Å². The van der Waals surface area contributed by atoms with Crippen LogP contribution in [0, 0.1) is 11.3 Å². The summed E-state index contributed by atoms with van der Waals surface area (Å²) in [6, 6.07) is 24.9. The molecule has 1 aliphatic rings. The molecule has 1 aliphatic heterocycles. The SMILES string of the molecule is CCN1C(=CC=Cc2n(CC)c3cc(C#N)ccc3[n+]2CC)Oc2ccc(-c3ccccc3)cc21. The molecule has 5 heteroatoms. The van der Waals surface area contributed by atoms with Crippen molar-refractivity contribution in [3.63, 3.8) is 0 Å². The highest BCUT2D eigenvalue weighted by Gasteiger charge is 2.25. The van der Waals surface area contributed by atoms with E-state index in [2.05, 4.69) is 95.5 Å². The third-order valence-electron chi connectivity index (χ3n) is 6.51. The fraction of sp³-hybridized carbons (Fsp3) is 0.200. The average molecular weight is 462 g/mol. The van der Waals surface area contributed by atoms with E-state index in [9.17, 15) is 5.26 Å². The Morgan fingerprint density at radius 1 is 0.943 bits per heavy atom. The number of benzene rings is 3. The first-order valence-electron chi connectivity index (χ1n) is 12.2. The fourth-order valence-electron chi connectivity index (χ4n) is 4.85. The van der Waals surface area contributed by atoms with Gasteiger partial charge in [0.2, 0.25) is 5.88 Å². The number of imidazole rings is 1. The molecule has 174 valence electrons. The number of allylic oxidation sites excluding steroid dienone is 2. The van der Waals surface area contributed by atoms with Crippen LogP contribution in [0.5, 0.6) is 5.75 Å². The summed E-state index contributed by atoms with van der Waals surface area (Å²) in [4.78, 5) is 2.20. The smallest absolute Gasteiger partial charge is 0.282 e. The normalized spacial score (nSPS) is 14.0. The van der Waals surface area contributed by atoms with Crippen LogP contribution in [0.15, 0.2) is 84.8 Å². The van der Waals surface area contributed by atoms with Crippen LogP contribution in [-0.4, -0.2) is 11.1 Å². The summed E-state index contributed by atoms with van der Waals surface area (Å²) in [5, 5.41) is 9.35. The molecule has 35 heavy (non-hydrogen) atoms. The van der Waals surface area contributed by atoms with E-state index < -0.39 is 0 Å². The molecule has 0 spiro atoms. The molecule has 0 radical (unpaired) electrons. The maximum Gasteiger partial charge on any atom is 0.282 e. The van der Waals surface area contributed by atoms with Crippen molar-refractivity contribution in [3.05, 3.63) is 96.2 Å². The van der Waals surface area contributed by atoms with E-state index in [-0.39, 0.29) is 0 Å². The lowest BCUT2D eigenvalue weighted by atomic mass is 10.0. The average Bonchev–Trinajstić information content (AvgIpc) is 3.41. The molecule has 0 unspecified atom stereocenters. The van der Waals surface area contributed by atoms with Crippen LogP contribution in [0.3, 0.4) is 0 Å². The Bertz CT molecular complexity index is 1490. The van der Waals surface area contributed by atoms with Crippen molar-refractivity contribution in [2.75, 3.05) is 11.4 Å². The molecule has 0 N–H and O–H groups in total. The molecule has 2 heterocycles. The summed E-state index contributed by atoms with van der Waals surface area (Å²) >= 11 is 0. The zero-order chi connectivity index (χ0) is 24.4. The van der Waals surface area contributed by atoms with Crippen molar-refractivity contribution < 1.29 is 9.30 Å². The van der Waals surface area contributed by atoms with Gasteiger partial charge in [0, 0.05) is 18.7 Å². The van der Waals surface area contributed by atoms with Gasteiger partial charge in [-0.2, -0.15) is 5.26 Å². The summed E-state index contributed by atoms with van der Waals surface area (Å²) in [5.74, 6) is 2.79. The Labute approximate surface area is 206 Å². The van der Waals surface area contributed by atoms with E-state index >= 15 is 0 Å². The largest absolute Gasteiger partial charge is 0.439 e. The number of aryl methyl sites for hydroxylation is 2. The third kappa shape index (κ3) is 3.98. The van der Waals surface area contributed by atoms with Crippen LogP contribution in [0.25, 0.3) is 28.2 Å².